The maximum absolute atomic E-state index is 12.5. The third-order valence-electron chi connectivity index (χ3n) is 4.08. The van der Waals surface area contributed by atoms with E-state index in [0.717, 1.165) is 11.1 Å². The minimum atomic E-state index is -0.596. The average molecular weight is 351 g/mol. The molecule has 0 bridgehead atoms. The van der Waals surface area contributed by atoms with Crippen LogP contribution in [0.15, 0.2) is 36.5 Å². The van der Waals surface area contributed by atoms with Gasteiger partial charge in [-0.2, -0.15) is 0 Å². The molecule has 1 aromatic carbocycles. The highest BCUT2D eigenvalue weighted by Crippen LogP contribution is 2.36. The second-order valence-corrected chi connectivity index (χ2v) is 6.42. The fourth-order valence-corrected chi connectivity index (χ4v) is 3.34. The van der Waals surface area contributed by atoms with Gasteiger partial charge in [0.05, 0.1) is 17.7 Å². The van der Waals surface area contributed by atoms with Gasteiger partial charge in [0.25, 0.3) is 0 Å². The molecule has 3 rings (SSSR count). The Labute approximate surface area is 144 Å². The number of nitrogens with zero attached hydrogens (tertiary/aromatic N) is 1. The molecular formula is C17H16Cl2N2O2. The summed E-state index contributed by atoms with van der Waals surface area (Å²) in [6, 6.07) is 8.83. The molecule has 1 aromatic heterocycles. The zero-order valence-electron chi connectivity index (χ0n) is 12.3. The number of amides is 1. The number of aliphatic hydroxyl groups is 1. The second kappa shape index (κ2) is 6.87. The van der Waals surface area contributed by atoms with E-state index in [0.29, 0.717) is 35.1 Å². The molecule has 0 spiro atoms. The summed E-state index contributed by atoms with van der Waals surface area (Å²) in [5.74, 6) is -0.384. The van der Waals surface area contributed by atoms with E-state index in [2.05, 4.69) is 10.3 Å². The van der Waals surface area contributed by atoms with Crippen molar-refractivity contribution >= 4 is 29.1 Å². The molecule has 2 atom stereocenters. The van der Waals surface area contributed by atoms with Crippen LogP contribution in [0.25, 0.3) is 0 Å². The van der Waals surface area contributed by atoms with Gasteiger partial charge in [-0.1, -0.05) is 35.3 Å². The number of aromatic nitrogens is 1. The lowest BCUT2D eigenvalue weighted by atomic mass is 9.83. The minimum absolute atomic E-state index is 0.0860. The largest absolute Gasteiger partial charge is 0.387 e. The summed E-state index contributed by atoms with van der Waals surface area (Å²) in [7, 11) is 0. The SMILES string of the molecule is O=C(NCc1ccc(Cl)cc1Cl)C1CCC(O)c2ncccc21. The summed E-state index contributed by atoms with van der Waals surface area (Å²) in [6.45, 7) is 0.337. The minimum Gasteiger partial charge on any atom is -0.387 e. The van der Waals surface area contributed by atoms with Crippen molar-refractivity contribution < 1.29 is 9.90 Å². The third kappa shape index (κ3) is 3.50. The maximum Gasteiger partial charge on any atom is 0.227 e. The zero-order valence-corrected chi connectivity index (χ0v) is 13.8. The normalized spacial score (nSPS) is 20.0. The molecular weight excluding hydrogens is 335 g/mol. The summed E-state index contributed by atoms with van der Waals surface area (Å²) in [5, 5.41) is 14.0. The Morgan fingerprint density at radius 2 is 2.13 bits per heavy atom. The standard InChI is InChI=1S/C17H16Cl2N2O2/c18-11-4-3-10(14(19)8-11)9-21-17(23)13-5-6-15(22)16-12(13)2-1-7-20-16/h1-4,7-8,13,15,22H,5-6,9H2,(H,21,23). The highest BCUT2D eigenvalue weighted by atomic mass is 35.5. The van der Waals surface area contributed by atoms with Crippen LogP contribution in [-0.2, 0) is 11.3 Å². The summed E-state index contributed by atoms with van der Waals surface area (Å²) >= 11 is 12.0. The Bertz CT molecular complexity index is 736. The average Bonchev–Trinajstić information content (AvgIpc) is 2.54. The molecule has 1 amide bonds. The Kier molecular flexibility index (Phi) is 4.85. The molecule has 120 valence electrons. The van der Waals surface area contributed by atoms with E-state index in [1.807, 2.05) is 6.07 Å². The van der Waals surface area contributed by atoms with Crippen molar-refractivity contribution in [1.29, 1.82) is 0 Å². The van der Waals surface area contributed by atoms with E-state index in [1.54, 1.807) is 30.5 Å². The van der Waals surface area contributed by atoms with Crippen LogP contribution >= 0.6 is 23.2 Å². The van der Waals surface area contributed by atoms with Gasteiger partial charge in [0, 0.05) is 22.8 Å². The number of pyridine rings is 1. The summed E-state index contributed by atoms with van der Waals surface area (Å²) in [5.41, 5.74) is 2.21. The smallest absolute Gasteiger partial charge is 0.227 e. The number of fused-ring (bicyclic) bond motifs is 1. The van der Waals surface area contributed by atoms with Crippen molar-refractivity contribution in [2.75, 3.05) is 0 Å². The summed E-state index contributed by atoms with van der Waals surface area (Å²) in [4.78, 5) is 16.7. The summed E-state index contributed by atoms with van der Waals surface area (Å²) in [6.07, 6.45) is 2.17. The topological polar surface area (TPSA) is 62.2 Å². The van der Waals surface area contributed by atoms with Gasteiger partial charge in [-0.05, 0) is 42.2 Å². The van der Waals surface area contributed by atoms with Gasteiger partial charge < -0.3 is 10.4 Å². The van der Waals surface area contributed by atoms with E-state index in [-0.39, 0.29) is 11.8 Å². The van der Waals surface area contributed by atoms with E-state index in [9.17, 15) is 9.90 Å². The first-order valence-electron chi connectivity index (χ1n) is 7.41. The molecule has 23 heavy (non-hydrogen) atoms. The van der Waals surface area contributed by atoms with Gasteiger partial charge in [-0.25, -0.2) is 0 Å². The van der Waals surface area contributed by atoms with Crippen molar-refractivity contribution in [3.8, 4) is 0 Å². The Hall–Kier alpha value is -1.62. The van der Waals surface area contributed by atoms with Crippen molar-refractivity contribution in [3.05, 3.63) is 63.4 Å². The van der Waals surface area contributed by atoms with Crippen LogP contribution in [0.4, 0.5) is 0 Å². The molecule has 0 fully saturated rings. The van der Waals surface area contributed by atoms with Crippen LogP contribution in [-0.4, -0.2) is 16.0 Å². The van der Waals surface area contributed by atoms with E-state index in [1.165, 1.54) is 0 Å². The maximum atomic E-state index is 12.5. The monoisotopic (exact) mass is 350 g/mol. The molecule has 6 heteroatoms. The van der Waals surface area contributed by atoms with Crippen LogP contribution in [0.1, 0.15) is 41.7 Å². The van der Waals surface area contributed by atoms with Gasteiger partial charge >= 0.3 is 0 Å². The van der Waals surface area contributed by atoms with Crippen molar-refractivity contribution in [1.82, 2.24) is 10.3 Å². The lowest BCUT2D eigenvalue weighted by molar-refractivity contribution is -0.123. The highest BCUT2D eigenvalue weighted by molar-refractivity contribution is 6.35. The molecule has 2 aromatic rings. The molecule has 1 aliphatic carbocycles. The fourth-order valence-electron chi connectivity index (χ4n) is 2.86. The van der Waals surface area contributed by atoms with E-state index in [4.69, 9.17) is 23.2 Å². The number of halogens is 2. The van der Waals surface area contributed by atoms with E-state index >= 15 is 0 Å². The number of hydrogen-bond acceptors (Lipinski definition) is 3. The predicted molar refractivity (Wildman–Crippen MR) is 89.5 cm³/mol. The second-order valence-electron chi connectivity index (χ2n) is 5.58. The van der Waals surface area contributed by atoms with Gasteiger partial charge in [-0.15, -0.1) is 0 Å². The Balaban J connectivity index is 1.73. The Morgan fingerprint density at radius 1 is 1.30 bits per heavy atom. The fraction of sp³-hybridized carbons (Fsp3) is 0.294. The third-order valence-corrected chi connectivity index (χ3v) is 4.66. The number of benzene rings is 1. The number of rotatable bonds is 3. The molecule has 2 unspecified atom stereocenters. The molecule has 0 saturated heterocycles. The quantitative estimate of drug-likeness (QED) is 0.888. The van der Waals surface area contributed by atoms with Crippen LogP contribution in [0.3, 0.4) is 0 Å². The molecule has 1 aliphatic rings. The Morgan fingerprint density at radius 3 is 2.91 bits per heavy atom. The first kappa shape index (κ1) is 16.2. The number of hydrogen-bond donors (Lipinski definition) is 2. The van der Waals surface area contributed by atoms with Gasteiger partial charge in [-0.3, -0.25) is 9.78 Å². The van der Waals surface area contributed by atoms with Crippen molar-refractivity contribution in [3.63, 3.8) is 0 Å². The zero-order chi connectivity index (χ0) is 16.4. The van der Waals surface area contributed by atoms with Crippen LogP contribution in [0, 0.1) is 0 Å². The molecule has 1 heterocycles. The number of carbonyl (C=O) groups excluding carboxylic acids is 1. The van der Waals surface area contributed by atoms with Crippen LogP contribution in [0.5, 0.6) is 0 Å². The lowest BCUT2D eigenvalue weighted by Gasteiger charge is -2.27. The molecule has 0 radical (unpaired) electrons. The van der Waals surface area contributed by atoms with Crippen molar-refractivity contribution in [2.45, 2.75) is 31.4 Å². The lowest BCUT2D eigenvalue weighted by Crippen LogP contribution is -2.32. The first-order valence-corrected chi connectivity index (χ1v) is 8.16. The molecule has 0 saturated carbocycles. The number of carbonyl (C=O) groups is 1. The molecule has 0 aliphatic heterocycles. The number of nitrogens with one attached hydrogen (secondary N) is 1. The van der Waals surface area contributed by atoms with Crippen LogP contribution in [0.2, 0.25) is 10.0 Å². The van der Waals surface area contributed by atoms with Crippen molar-refractivity contribution in [2.24, 2.45) is 0 Å². The highest BCUT2D eigenvalue weighted by Gasteiger charge is 2.31. The van der Waals surface area contributed by atoms with Gasteiger partial charge in [0.2, 0.25) is 5.91 Å². The van der Waals surface area contributed by atoms with E-state index < -0.39 is 6.10 Å². The first-order chi connectivity index (χ1) is 11.1. The van der Waals surface area contributed by atoms with Crippen LogP contribution < -0.4 is 5.32 Å². The molecule has 4 nitrogen and oxygen atoms in total. The molecule has 2 N–H and O–H groups in total. The summed E-state index contributed by atoms with van der Waals surface area (Å²) < 4.78 is 0. The number of aliphatic hydroxyl groups excluding tert-OH is 1. The predicted octanol–water partition coefficient (Wildman–Crippen LogP) is 3.62. The van der Waals surface area contributed by atoms with Gasteiger partial charge in [0.1, 0.15) is 0 Å². The van der Waals surface area contributed by atoms with Gasteiger partial charge in [0.15, 0.2) is 0 Å².